The van der Waals surface area contributed by atoms with Crippen molar-refractivity contribution in [3.8, 4) is 16.9 Å². The van der Waals surface area contributed by atoms with Crippen molar-refractivity contribution >= 4 is 17.5 Å². The number of ether oxygens (including phenoxy) is 2. The fourth-order valence-electron chi connectivity index (χ4n) is 5.41. The third kappa shape index (κ3) is 5.45. The molecule has 7 heteroatoms. The summed E-state index contributed by atoms with van der Waals surface area (Å²) >= 11 is 0. The summed E-state index contributed by atoms with van der Waals surface area (Å²) in [6, 6.07) is 6.27. The van der Waals surface area contributed by atoms with E-state index in [-0.39, 0.29) is 6.09 Å². The van der Waals surface area contributed by atoms with Crippen LogP contribution in [0, 0.1) is 11.8 Å². The normalized spacial score (nSPS) is 18.3. The molecule has 34 heavy (non-hydrogen) atoms. The lowest BCUT2D eigenvalue weighted by atomic mass is 9.78. The molecule has 4 rings (SSSR count). The number of rotatable bonds is 4. The van der Waals surface area contributed by atoms with E-state index in [0.29, 0.717) is 17.5 Å². The van der Waals surface area contributed by atoms with E-state index in [2.05, 4.69) is 34.0 Å². The number of aryl methyl sites for hydroxylation is 1. The number of likely N-dealkylation sites (tertiary alicyclic amines) is 1. The Morgan fingerprint density at radius 3 is 2.18 bits per heavy atom. The monoisotopic (exact) mass is 468 g/mol. The van der Waals surface area contributed by atoms with Gasteiger partial charge in [0.15, 0.2) is 0 Å². The van der Waals surface area contributed by atoms with Gasteiger partial charge in [-0.05, 0) is 70.4 Å². The molecule has 186 valence electrons. The Kier molecular flexibility index (Phi) is 7.01. The van der Waals surface area contributed by atoms with Crippen molar-refractivity contribution in [2.75, 3.05) is 43.9 Å². The minimum Gasteiger partial charge on any atom is -0.495 e. The Balaban J connectivity index is 1.39. The molecule has 1 aromatic heterocycles. The van der Waals surface area contributed by atoms with E-state index in [1.54, 1.807) is 7.11 Å². The largest absolute Gasteiger partial charge is 0.495 e. The molecule has 3 heterocycles. The van der Waals surface area contributed by atoms with E-state index in [9.17, 15) is 4.79 Å². The number of nitrogens with two attached hydrogens (primary N) is 1. The molecule has 1 amide bonds. The number of amides is 1. The molecule has 2 aliphatic heterocycles. The maximum absolute atomic E-state index is 12.4. The Morgan fingerprint density at radius 2 is 1.65 bits per heavy atom. The van der Waals surface area contributed by atoms with Crippen LogP contribution in [-0.2, 0) is 11.8 Å². The molecule has 0 saturated carbocycles. The average molecular weight is 469 g/mol. The van der Waals surface area contributed by atoms with Crippen molar-refractivity contribution in [3.05, 3.63) is 30.6 Å². The highest BCUT2D eigenvalue weighted by Gasteiger charge is 2.33. The van der Waals surface area contributed by atoms with Crippen molar-refractivity contribution < 1.29 is 14.3 Å². The molecule has 0 atom stereocenters. The van der Waals surface area contributed by atoms with E-state index in [0.717, 1.165) is 63.2 Å². The fraction of sp³-hybridized carbons (Fsp3) is 0.593. The molecular weight excluding hydrogens is 428 g/mol. The lowest BCUT2D eigenvalue weighted by Crippen LogP contribution is -2.44. The van der Waals surface area contributed by atoms with Crippen LogP contribution in [0.3, 0.4) is 0 Å². The maximum atomic E-state index is 12.4. The molecule has 0 aliphatic carbocycles. The molecule has 2 aliphatic rings. The van der Waals surface area contributed by atoms with Crippen LogP contribution in [-0.4, -0.2) is 54.5 Å². The van der Waals surface area contributed by atoms with Crippen molar-refractivity contribution in [2.24, 2.45) is 18.9 Å². The summed E-state index contributed by atoms with van der Waals surface area (Å²) in [6.07, 6.45) is 8.48. The van der Waals surface area contributed by atoms with Crippen LogP contribution in [0.25, 0.3) is 11.1 Å². The zero-order valence-electron chi connectivity index (χ0n) is 21.3. The van der Waals surface area contributed by atoms with Gasteiger partial charge in [0, 0.05) is 68.5 Å². The zero-order valence-corrected chi connectivity index (χ0v) is 21.3. The van der Waals surface area contributed by atoms with E-state index in [4.69, 9.17) is 15.2 Å². The van der Waals surface area contributed by atoms with E-state index < -0.39 is 5.60 Å². The van der Waals surface area contributed by atoms with E-state index in [1.165, 1.54) is 11.3 Å². The first-order valence-electron chi connectivity index (χ1n) is 12.5. The summed E-state index contributed by atoms with van der Waals surface area (Å²) in [5.41, 5.74) is 10.0. The summed E-state index contributed by atoms with van der Waals surface area (Å²) in [6.45, 7) is 9.40. The number of anilines is 2. The van der Waals surface area contributed by atoms with Crippen LogP contribution in [0.15, 0.2) is 30.6 Å². The van der Waals surface area contributed by atoms with Crippen LogP contribution in [0.5, 0.6) is 5.75 Å². The van der Waals surface area contributed by atoms with Gasteiger partial charge >= 0.3 is 6.09 Å². The van der Waals surface area contributed by atoms with Crippen molar-refractivity contribution in [2.45, 2.75) is 52.1 Å². The van der Waals surface area contributed by atoms with Crippen LogP contribution in [0.2, 0.25) is 0 Å². The lowest BCUT2D eigenvalue weighted by molar-refractivity contribution is 0.0152. The molecule has 0 spiro atoms. The summed E-state index contributed by atoms with van der Waals surface area (Å²) in [5.74, 6) is 2.11. The molecule has 2 fully saturated rings. The van der Waals surface area contributed by atoms with Gasteiger partial charge in [-0.3, -0.25) is 0 Å². The van der Waals surface area contributed by atoms with Gasteiger partial charge in [-0.2, -0.15) is 0 Å². The van der Waals surface area contributed by atoms with Gasteiger partial charge in [0.25, 0.3) is 0 Å². The number of methoxy groups -OCH3 is 1. The second kappa shape index (κ2) is 9.80. The molecule has 2 aromatic rings. The Morgan fingerprint density at radius 1 is 1.03 bits per heavy atom. The minimum atomic E-state index is -0.440. The third-order valence-corrected chi connectivity index (χ3v) is 7.23. The highest BCUT2D eigenvalue weighted by atomic mass is 16.6. The topological polar surface area (TPSA) is 73.0 Å². The Labute approximate surface area is 203 Å². The first kappa shape index (κ1) is 24.3. The predicted molar refractivity (Wildman–Crippen MR) is 137 cm³/mol. The lowest BCUT2D eigenvalue weighted by Gasteiger charge is -2.41. The van der Waals surface area contributed by atoms with Crippen molar-refractivity contribution in [3.63, 3.8) is 0 Å². The highest BCUT2D eigenvalue weighted by molar-refractivity contribution is 5.84. The molecular formula is C27H40N4O3. The number of hydrogen-bond donors (Lipinski definition) is 1. The van der Waals surface area contributed by atoms with Gasteiger partial charge in [0.05, 0.1) is 12.8 Å². The molecule has 2 saturated heterocycles. The molecule has 0 bridgehead atoms. The quantitative estimate of drug-likeness (QED) is 0.629. The van der Waals surface area contributed by atoms with Crippen LogP contribution >= 0.6 is 0 Å². The average Bonchev–Trinajstić information content (AvgIpc) is 3.24. The van der Waals surface area contributed by atoms with Gasteiger partial charge < -0.3 is 29.6 Å². The third-order valence-electron chi connectivity index (χ3n) is 7.23. The van der Waals surface area contributed by atoms with Gasteiger partial charge in [0.1, 0.15) is 11.4 Å². The molecule has 1 aromatic carbocycles. The van der Waals surface area contributed by atoms with Gasteiger partial charge in [-0.15, -0.1) is 0 Å². The van der Waals surface area contributed by atoms with Crippen LogP contribution in [0.4, 0.5) is 16.2 Å². The van der Waals surface area contributed by atoms with Crippen LogP contribution < -0.4 is 15.4 Å². The standard InChI is InChI=1S/C27H40N4O3/c1-27(2,3)34-26(32)31-14-9-20(10-15-31)19-7-12-30(13-8-19)24-17-25(33-5)23(28)16-22(24)21-6-11-29(4)18-21/h6,11,16-20H,7-10,12-15,28H2,1-5H3. The molecule has 0 radical (unpaired) electrons. The number of nitrogens with zero attached hydrogens (tertiary/aromatic N) is 3. The first-order chi connectivity index (χ1) is 16.1. The fourth-order valence-corrected chi connectivity index (χ4v) is 5.41. The summed E-state index contributed by atoms with van der Waals surface area (Å²) in [5, 5.41) is 0. The highest BCUT2D eigenvalue weighted by Crippen LogP contribution is 2.41. The number of benzene rings is 1. The van der Waals surface area contributed by atoms with Gasteiger partial charge in [-0.25, -0.2) is 4.79 Å². The SMILES string of the molecule is COc1cc(N2CCC(C3CCN(C(=O)OC(C)(C)C)CC3)CC2)c(-c2ccn(C)c2)cc1N. The smallest absolute Gasteiger partial charge is 0.410 e. The number of carbonyl (C=O) groups excluding carboxylic acids is 1. The van der Waals surface area contributed by atoms with Gasteiger partial charge in [0.2, 0.25) is 0 Å². The van der Waals surface area contributed by atoms with E-state index >= 15 is 0 Å². The Hall–Kier alpha value is -2.83. The molecule has 0 unspecified atom stereocenters. The summed E-state index contributed by atoms with van der Waals surface area (Å²) < 4.78 is 13.2. The second-order valence-corrected chi connectivity index (χ2v) is 10.8. The minimum absolute atomic E-state index is 0.175. The summed E-state index contributed by atoms with van der Waals surface area (Å²) in [7, 11) is 3.71. The summed E-state index contributed by atoms with van der Waals surface area (Å²) in [4.78, 5) is 16.8. The van der Waals surface area contributed by atoms with Crippen LogP contribution in [0.1, 0.15) is 46.5 Å². The number of carbonyl (C=O) groups is 1. The Bertz CT molecular complexity index is 994. The number of hydrogen-bond acceptors (Lipinski definition) is 5. The number of nitrogen functional groups attached to an aromatic ring is 1. The zero-order chi connectivity index (χ0) is 24.5. The number of piperidine rings is 2. The molecule has 7 nitrogen and oxygen atoms in total. The number of aromatic nitrogens is 1. The maximum Gasteiger partial charge on any atom is 0.410 e. The van der Waals surface area contributed by atoms with Gasteiger partial charge in [-0.1, -0.05) is 0 Å². The predicted octanol–water partition coefficient (Wildman–Crippen LogP) is 5.15. The second-order valence-electron chi connectivity index (χ2n) is 10.8. The van der Waals surface area contributed by atoms with Crippen molar-refractivity contribution in [1.29, 1.82) is 0 Å². The first-order valence-corrected chi connectivity index (χ1v) is 12.5. The van der Waals surface area contributed by atoms with E-state index in [1.807, 2.05) is 38.8 Å². The van der Waals surface area contributed by atoms with Crippen molar-refractivity contribution in [1.82, 2.24) is 9.47 Å². The molecule has 2 N–H and O–H groups in total.